The monoisotopic (exact) mass is 208 g/mol. The number of aromatic nitrogens is 2. The van der Waals surface area contributed by atoms with E-state index in [4.69, 9.17) is 5.11 Å². The molecule has 3 nitrogen and oxygen atoms in total. The lowest BCUT2D eigenvalue weighted by Gasteiger charge is -2.07. The van der Waals surface area contributed by atoms with E-state index < -0.39 is 0 Å². The zero-order valence-electron chi connectivity index (χ0n) is 9.82. The standard InChI is InChI=1S/C12H20N2O/c1-9(2)7-11-8-10(3)13-12(14-11)5-4-6-15/h8-9,15H,4-7H2,1-3H3. The Hall–Kier alpha value is -0.960. The van der Waals surface area contributed by atoms with Crippen LogP contribution in [0.4, 0.5) is 0 Å². The minimum atomic E-state index is 0.205. The van der Waals surface area contributed by atoms with E-state index in [0.717, 1.165) is 36.5 Å². The van der Waals surface area contributed by atoms with Crippen LogP contribution in [0.2, 0.25) is 0 Å². The molecule has 1 aromatic heterocycles. The van der Waals surface area contributed by atoms with E-state index in [1.165, 1.54) is 0 Å². The van der Waals surface area contributed by atoms with Gasteiger partial charge < -0.3 is 5.11 Å². The lowest BCUT2D eigenvalue weighted by Crippen LogP contribution is -2.05. The van der Waals surface area contributed by atoms with Gasteiger partial charge in [0.15, 0.2) is 0 Å². The second-order valence-corrected chi connectivity index (χ2v) is 4.34. The SMILES string of the molecule is Cc1cc(CC(C)C)nc(CCCO)n1. The molecule has 0 saturated heterocycles. The number of rotatable bonds is 5. The molecule has 84 valence electrons. The average molecular weight is 208 g/mol. The maximum Gasteiger partial charge on any atom is 0.128 e. The van der Waals surface area contributed by atoms with Crippen molar-refractivity contribution >= 4 is 0 Å². The van der Waals surface area contributed by atoms with E-state index in [1.54, 1.807) is 0 Å². The van der Waals surface area contributed by atoms with Crippen molar-refractivity contribution < 1.29 is 5.11 Å². The van der Waals surface area contributed by atoms with Crippen molar-refractivity contribution in [3.05, 3.63) is 23.3 Å². The van der Waals surface area contributed by atoms with E-state index in [2.05, 4.69) is 23.8 Å². The van der Waals surface area contributed by atoms with E-state index >= 15 is 0 Å². The third-order valence-corrected chi connectivity index (χ3v) is 2.13. The molecule has 1 aromatic rings. The Morgan fingerprint density at radius 1 is 1.33 bits per heavy atom. The first-order chi connectivity index (χ1) is 7.11. The van der Waals surface area contributed by atoms with Crippen LogP contribution < -0.4 is 0 Å². The van der Waals surface area contributed by atoms with Gasteiger partial charge in [0, 0.05) is 24.4 Å². The molecule has 1 N–H and O–H groups in total. The molecule has 0 spiro atoms. The van der Waals surface area contributed by atoms with Crippen LogP contribution in [0.15, 0.2) is 6.07 Å². The molecule has 0 amide bonds. The van der Waals surface area contributed by atoms with Crippen molar-refractivity contribution in [1.82, 2.24) is 9.97 Å². The fraction of sp³-hybridized carbons (Fsp3) is 0.667. The van der Waals surface area contributed by atoms with E-state index in [-0.39, 0.29) is 6.61 Å². The summed E-state index contributed by atoms with van der Waals surface area (Å²) in [5.41, 5.74) is 2.14. The van der Waals surface area contributed by atoms with Gasteiger partial charge in [-0.2, -0.15) is 0 Å². The number of hydrogen-bond acceptors (Lipinski definition) is 3. The molecule has 3 heteroatoms. The van der Waals surface area contributed by atoms with Crippen molar-refractivity contribution in [2.75, 3.05) is 6.61 Å². The van der Waals surface area contributed by atoms with Gasteiger partial charge in [0.25, 0.3) is 0 Å². The minimum absolute atomic E-state index is 0.205. The predicted molar refractivity (Wildman–Crippen MR) is 60.7 cm³/mol. The van der Waals surface area contributed by atoms with Crippen molar-refractivity contribution in [1.29, 1.82) is 0 Å². The van der Waals surface area contributed by atoms with Crippen LogP contribution in [-0.4, -0.2) is 21.7 Å². The van der Waals surface area contributed by atoms with Crippen LogP contribution in [0.1, 0.15) is 37.5 Å². The van der Waals surface area contributed by atoms with Gasteiger partial charge in [-0.25, -0.2) is 9.97 Å². The average Bonchev–Trinajstić information content (AvgIpc) is 2.12. The maximum absolute atomic E-state index is 8.76. The third kappa shape index (κ3) is 4.38. The molecule has 0 aliphatic heterocycles. The minimum Gasteiger partial charge on any atom is -0.396 e. The number of hydrogen-bond donors (Lipinski definition) is 1. The molecule has 0 bridgehead atoms. The van der Waals surface area contributed by atoms with Gasteiger partial charge in [0.2, 0.25) is 0 Å². The smallest absolute Gasteiger partial charge is 0.128 e. The summed E-state index contributed by atoms with van der Waals surface area (Å²) in [6.07, 6.45) is 2.50. The molecule has 0 radical (unpaired) electrons. The normalized spacial score (nSPS) is 11.0. The number of nitrogens with zero attached hydrogens (tertiary/aromatic N) is 2. The topological polar surface area (TPSA) is 46.0 Å². The molecular weight excluding hydrogens is 188 g/mol. The fourth-order valence-corrected chi connectivity index (χ4v) is 1.57. The quantitative estimate of drug-likeness (QED) is 0.804. The Labute approximate surface area is 91.6 Å². The summed E-state index contributed by atoms with van der Waals surface area (Å²) in [4.78, 5) is 8.85. The molecule has 0 aliphatic rings. The second-order valence-electron chi connectivity index (χ2n) is 4.34. The van der Waals surface area contributed by atoms with Crippen molar-refractivity contribution in [2.45, 2.75) is 40.0 Å². The Morgan fingerprint density at radius 2 is 2.07 bits per heavy atom. The Kier molecular flexibility index (Phi) is 4.69. The van der Waals surface area contributed by atoms with Crippen LogP contribution in [0, 0.1) is 12.8 Å². The Balaban J connectivity index is 2.75. The maximum atomic E-state index is 8.76. The van der Waals surface area contributed by atoms with Crippen molar-refractivity contribution in [3.8, 4) is 0 Å². The lowest BCUT2D eigenvalue weighted by molar-refractivity contribution is 0.287. The molecule has 0 unspecified atom stereocenters. The third-order valence-electron chi connectivity index (χ3n) is 2.13. The summed E-state index contributed by atoms with van der Waals surface area (Å²) in [5, 5.41) is 8.76. The van der Waals surface area contributed by atoms with Gasteiger partial charge in [-0.05, 0) is 31.7 Å². The highest BCUT2D eigenvalue weighted by Crippen LogP contribution is 2.08. The zero-order chi connectivity index (χ0) is 11.3. The van der Waals surface area contributed by atoms with Gasteiger partial charge in [-0.15, -0.1) is 0 Å². The molecule has 0 atom stereocenters. The van der Waals surface area contributed by atoms with Crippen LogP contribution in [-0.2, 0) is 12.8 Å². The van der Waals surface area contributed by atoms with E-state index in [1.807, 2.05) is 13.0 Å². The molecular formula is C12H20N2O. The number of aliphatic hydroxyl groups is 1. The Bertz CT molecular complexity index is 310. The highest BCUT2D eigenvalue weighted by atomic mass is 16.2. The first-order valence-electron chi connectivity index (χ1n) is 5.56. The molecule has 0 fully saturated rings. The van der Waals surface area contributed by atoms with Gasteiger partial charge in [-0.1, -0.05) is 13.8 Å². The molecule has 0 saturated carbocycles. The van der Waals surface area contributed by atoms with Crippen molar-refractivity contribution in [2.24, 2.45) is 5.92 Å². The van der Waals surface area contributed by atoms with Crippen LogP contribution >= 0.6 is 0 Å². The first kappa shape index (κ1) is 12.1. The van der Waals surface area contributed by atoms with E-state index in [0.29, 0.717) is 5.92 Å². The summed E-state index contributed by atoms with van der Waals surface area (Å²) in [6.45, 7) is 6.57. The van der Waals surface area contributed by atoms with Gasteiger partial charge in [0.05, 0.1) is 0 Å². The summed E-state index contributed by atoms with van der Waals surface area (Å²) in [6, 6.07) is 2.04. The van der Waals surface area contributed by atoms with E-state index in [9.17, 15) is 0 Å². The van der Waals surface area contributed by atoms with Gasteiger partial charge in [0.1, 0.15) is 5.82 Å². The van der Waals surface area contributed by atoms with Crippen molar-refractivity contribution in [3.63, 3.8) is 0 Å². The Morgan fingerprint density at radius 3 is 2.67 bits per heavy atom. The summed E-state index contributed by atoms with van der Waals surface area (Å²) in [5.74, 6) is 1.48. The van der Waals surface area contributed by atoms with Crippen LogP contribution in [0.25, 0.3) is 0 Å². The summed E-state index contributed by atoms with van der Waals surface area (Å²) in [7, 11) is 0. The molecule has 0 aliphatic carbocycles. The largest absolute Gasteiger partial charge is 0.396 e. The second kappa shape index (κ2) is 5.81. The molecule has 15 heavy (non-hydrogen) atoms. The van der Waals surface area contributed by atoms with Crippen LogP contribution in [0.5, 0.6) is 0 Å². The highest BCUT2D eigenvalue weighted by molar-refractivity contribution is 5.10. The lowest BCUT2D eigenvalue weighted by atomic mass is 10.1. The molecule has 0 aromatic carbocycles. The zero-order valence-corrected chi connectivity index (χ0v) is 9.82. The highest BCUT2D eigenvalue weighted by Gasteiger charge is 2.04. The molecule has 1 heterocycles. The molecule has 1 rings (SSSR count). The predicted octanol–water partition coefficient (Wildman–Crippen LogP) is 1.91. The van der Waals surface area contributed by atoms with Gasteiger partial charge >= 0.3 is 0 Å². The van der Waals surface area contributed by atoms with Gasteiger partial charge in [-0.3, -0.25) is 0 Å². The summed E-state index contributed by atoms with van der Waals surface area (Å²) < 4.78 is 0. The number of aliphatic hydroxyl groups excluding tert-OH is 1. The first-order valence-corrected chi connectivity index (χ1v) is 5.56. The van der Waals surface area contributed by atoms with Crippen LogP contribution in [0.3, 0.4) is 0 Å². The summed E-state index contributed by atoms with van der Waals surface area (Å²) >= 11 is 0. The number of aryl methyl sites for hydroxylation is 2. The fourth-order valence-electron chi connectivity index (χ4n) is 1.57.